The van der Waals surface area contributed by atoms with E-state index in [0.717, 1.165) is 31.5 Å². The molecular weight excluding hydrogens is 264 g/mol. The van der Waals surface area contributed by atoms with E-state index in [4.69, 9.17) is 16.5 Å². The van der Waals surface area contributed by atoms with Gasteiger partial charge < -0.3 is 9.64 Å². The fourth-order valence-corrected chi connectivity index (χ4v) is 2.39. The minimum atomic E-state index is -0.267. The first-order valence-corrected chi connectivity index (χ1v) is 6.85. The Morgan fingerprint density at radius 2 is 2.00 bits per heavy atom. The van der Waals surface area contributed by atoms with Gasteiger partial charge in [-0.2, -0.15) is 0 Å². The maximum absolute atomic E-state index is 12.0. The fourth-order valence-electron chi connectivity index (χ4n) is 2.19. The summed E-state index contributed by atoms with van der Waals surface area (Å²) in [6.45, 7) is 1.93. The third kappa shape index (κ3) is 4.11. The molecule has 1 aromatic carbocycles. The average molecular weight is 283 g/mol. The Morgan fingerprint density at radius 1 is 1.37 bits per heavy atom. The lowest BCUT2D eigenvalue weighted by atomic mass is 10.1. The molecule has 1 aliphatic heterocycles. The van der Waals surface area contributed by atoms with Crippen molar-refractivity contribution in [2.45, 2.75) is 25.5 Å². The van der Waals surface area contributed by atoms with Gasteiger partial charge in [-0.1, -0.05) is 30.3 Å². The van der Waals surface area contributed by atoms with Gasteiger partial charge in [0.15, 0.2) is 0 Å². The quantitative estimate of drug-likeness (QED) is 0.799. The highest BCUT2D eigenvalue weighted by molar-refractivity contribution is 6.13. The normalized spacial score (nSPS) is 17.2. The van der Waals surface area contributed by atoms with Crippen LogP contribution >= 0.6 is 11.8 Å². The first kappa shape index (κ1) is 14.2. The summed E-state index contributed by atoms with van der Waals surface area (Å²) in [4.78, 5) is 13.6. The molecule has 1 fully saturated rings. The number of benzene rings is 1. The maximum Gasteiger partial charge on any atom is 0.410 e. The molecule has 5 heteroatoms. The van der Waals surface area contributed by atoms with Gasteiger partial charge >= 0.3 is 6.09 Å². The zero-order chi connectivity index (χ0) is 13.7. The summed E-state index contributed by atoms with van der Waals surface area (Å²) in [5.74, 6) is 0. The third-order valence-corrected chi connectivity index (χ3v) is 3.79. The Kier molecular flexibility index (Phi) is 5.05. The molecule has 0 radical (unpaired) electrons. The van der Waals surface area contributed by atoms with Crippen molar-refractivity contribution in [3.63, 3.8) is 0 Å². The Labute approximate surface area is 119 Å². The molecule has 0 unspecified atom stereocenters. The molecule has 0 saturated carbocycles. The average Bonchev–Trinajstić information content (AvgIpc) is 2.46. The topological polar surface area (TPSA) is 32.8 Å². The largest absolute Gasteiger partial charge is 0.445 e. The molecular formula is C14H19ClN2O2. The van der Waals surface area contributed by atoms with Crippen LogP contribution in [0.25, 0.3) is 0 Å². The van der Waals surface area contributed by atoms with E-state index >= 15 is 0 Å². The van der Waals surface area contributed by atoms with Gasteiger partial charge in [0.1, 0.15) is 6.61 Å². The second-order valence-corrected chi connectivity index (χ2v) is 5.27. The van der Waals surface area contributed by atoms with Gasteiger partial charge in [-0.15, -0.1) is 0 Å². The Morgan fingerprint density at radius 3 is 2.63 bits per heavy atom. The van der Waals surface area contributed by atoms with E-state index in [1.165, 1.54) is 0 Å². The van der Waals surface area contributed by atoms with Crippen LogP contribution in [0.2, 0.25) is 0 Å². The van der Waals surface area contributed by atoms with Crippen molar-refractivity contribution in [2.75, 3.05) is 20.1 Å². The molecule has 4 nitrogen and oxygen atoms in total. The smallest absolute Gasteiger partial charge is 0.410 e. The van der Waals surface area contributed by atoms with E-state index in [2.05, 4.69) is 0 Å². The van der Waals surface area contributed by atoms with Gasteiger partial charge in [0.2, 0.25) is 0 Å². The van der Waals surface area contributed by atoms with Gasteiger partial charge in [-0.3, -0.25) is 0 Å². The lowest BCUT2D eigenvalue weighted by molar-refractivity contribution is 0.0805. The number of hydrogen-bond acceptors (Lipinski definition) is 3. The summed E-state index contributed by atoms with van der Waals surface area (Å²) >= 11 is 5.91. The SMILES string of the molecule is CN(C(=O)OCc1ccccc1)C1CCN(Cl)CC1. The van der Waals surface area contributed by atoms with Crippen molar-refractivity contribution in [3.05, 3.63) is 35.9 Å². The van der Waals surface area contributed by atoms with Crippen LogP contribution < -0.4 is 0 Å². The number of halogens is 1. The van der Waals surface area contributed by atoms with Gasteiger partial charge in [-0.05, 0) is 30.2 Å². The Balaban J connectivity index is 1.79. The lowest BCUT2D eigenvalue weighted by Gasteiger charge is -2.33. The van der Waals surface area contributed by atoms with E-state index < -0.39 is 0 Å². The van der Waals surface area contributed by atoms with Crippen LogP contribution in [-0.4, -0.2) is 41.6 Å². The van der Waals surface area contributed by atoms with Crippen LogP contribution in [0.15, 0.2) is 30.3 Å². The number of nitrogens with zero attached hydrogens (tertiary/aromatic N) is 2. The summed E-state index contributed by atoms with van der Waals surface area (Å²) in [7, 11) is 1.79. The third-order valence-electron chi connectivity index (χ3n) is 3.45. The number of carbonyl (C=O) groups is 1. The number of carbonyl (C=O) groups excluding carboxylic acids is 1. The standard InChI is InChI=1S/C14H19ClN2O2/c1-16(13-7-9-17(15)10-8-13)14(18)19-11-12-5-3-2-4-6-12/h2-6,13H,7-11H2,1H3. The molecule has 0 aliphatic carbocycles. The van der Waals surface area contributed by atoms with Crippen molar-refractivity contribution in [3.8, 4) is 0 Å². The van der Waals surface area contributed by atoms with E-state index in [1.807, 2.05) is 30.3 Å². The highest BCUT2D eigenvalue weighted by Gasteiger charge is 2.25. The molecule has 1 amide bonds. The van der Waals surface area contributed by atoms with Crippen molar-refractivity contribution in [2.24, 2.45) is 0 Å². The summed E-state index contributed by atoms with van der Waals surface area (Å²) in [5.41, 5.74) is 1.000. The molecule has 1 aliphatic rings. The molecule has 0 bridgehead atoms. The van der Waals surface area contributed by atoms with Gasteiger partial charge in [0.05, 0.1) is 0 Å². The molecule has 0 atom stereocenters. The summed E-state index contributed by atoms with van der Waals surface area (Å²) in [6, 6.07) is 9.92. The Hall–Kier alpha value is -1.26. The number of hydrogen-bond donors (Lipinski definition) is 0. The fraction of sp³-hybridized carbons (Fsp3) is 0.500. The number of piperidine rings is 1. The second-order valence-electron chi connectivity index (χ2n) is 4.79. The van der Waals surface area contributed by atoms with Crippen LogP contribution in [0, 0.1) is 0 Å². The minimum Gasteiger partial charge on any atom is -0.445 e. The predicted molar refractivity (Wildman–Crippen MR) is 74.8 cm³/mol. The van der Waals surface area contributed by atoms with Gasteiger partial charge in [0, 0.05) is 26.2 Å². The van der Waals surface area contributed by atoms with Crippen LogP contribution in [0.4, 0.5) is 4.79 Å². The maximum atomic E-state index is 12.0. The van der Waals surface area contributed by atoms with Crippen molar-refractivity contribution in [1.82, 2.24) is 9.32 Å². The minimum absolute atomic E-state index is 0.221. The Bertz CT molecular complexity index is 405. The highest BCUT2D eigenvalue weighted by Crippen LogP contribution is 2.17. The van der Waals surface area contributed by atoms with E-state index in [1.54, 1.807) is 16.4 Å². The van der Waals surface area contributed by atoms with Gasteiger partial charge in [-0.25, -0.2) is 9.21 Å². The molecule has 0 aromatic heterocycles. The van der Waals surface area contributed by atoms with Crippen LogP contribution in [-0.2, 0) is 11.3 Å². The number of ether oxygens (including phenoxy) is 1. The molecule has 19 heavy (non-hydrogen) atoms. The molecule has 1 aromatic rings. The van der Waals surface area contributed by atoms with Crippen molar-refractivity contribution < 1.29 is 9.53 Å². The molecule has 0 N–H and O–H groups in total. The molecule has 1 heterocycles. The van der Waals surface area contributed by atoms with Gasteiger partial charge in [0.25, 0.3) is 0 Å². The number of rotatable bonds is 3. The molecule has 104 valence electrons. The number of amides is 1. The predicted octanol–water partition coefficient (Wildman–Crippen LogP) is 2.87. The highest BCUT2D eigenvalue weighted by atomic mass is 35.5. The summed E-state index contributed by atoms with van der Waals surface area (Å²) in [5, 5.41) is 0. The molecule has 0 spiro atoms. The summed E-state index contributed by atoms with van der Waals surface area (Å²) < 4.78 is 7.07. The monoisotopic (exact) mass is 282 g/mol. The zero-order valence-electron chi connectivity index (χ0n) is 11.1. The van der Waals surface area contributed by atoms with Crippen molar-refractivity contribution in [1.29, 1.82) is 0 Å². The molecule has 2 rings (SSSR count). The van der Waals surface area contributed by atoms with Crippen LogP contribution in [0.3, 0.4) is 0 Å². The first-order chi connectivity index (χ1) is 9.16. The van der Waals surface area contributed by atoms with Crippen molar-refractivity contribution >= 4 is 17.9 Å². The molecule has 1 saturated heterocycles. The zero-order valence-corrected chi connectivity index (χ0v) is 11.8. The van der Waals surface area contributed by atoms with Crippen LogP contribution in [0.5, 0.6) is 0 Å². The lowest BCUT2D eigenvalue weighted by Crippen LogP contribution is -2.43. The second kappa shape index (κ2) is 6.78. The summed E-state index contributed by atoms with van der Waals surface area (Å²) in [6.07, 6.45) is 1.51. The van der Waals surface area contributed by atoms with Crippen LogP contribution in [0.1, 0.15) is 18.4 Å². The van der Waals surface area contributed by atoms with E-state index in [0.29, 0.717) is 6.61 Å². The van der Waals surface area contributed by atoms with E-state index in [9.17, 15) is 4.79 Å². The first-order valence-electron chi connectivity index (χ1n) is 6.51. The van der Waals surface area contributed by atoms with E-state index in [-0.39, 0.29) is 12.1 Å².